The Morgan fingerprint density at radius 3 is 0.636 bits per heavy atom. The van der Waals surface area contributed by atoms with Crippen molar-refractivity contribution in [3.05, 3.63) is 0 Å². The average Bonchev–Trinajstić information content (AvgIpc) is 1.63. The predicted octanol–water partition coefficient (Wildman–Crippen LogP) is -7.60. The molecule has 120 valence electrons. The summed E-state index contributed by atoms with van der Waals surface area (Å²) < 4.78 is 39.3. The van der Waals surface area contributed by atoms with E-state index in [0.717, 1.165) is 0 Å². The standard InChI is InChI=1S/3Ca.H4O7P2.2H3O4P/c;;;1-8(2,3)7-9(4,5)6;2*1-5(2,3)4/h;;;(H2,1,2,3)(H2,4,5,6);2*(H3,1,2,3,4)/q3*+2;;;/p-6. The maximum absolute atomic E-state index is 9.63. The van der Waals surface area contributed by atoms with Crippen LogP contribution in [0.25, 0.3) is 0 Å². The second kappa shape index (κ2) is 17.4. The Morgan fingerprint density at radius 1 is 0.545 bits per heavy atom. The summed E-state index contributed by atoms with van der Waals surface area (Å²) in [5.74, 6) is 0. The van der Waals surface area contributed by atoms with Crippen LogP contribution in [0.2, 0.25) is 0 Å². The molecule has 0 aliphatic heterocycles. The summed E-state index contributed by atoms with van der Waals surface area (Å²) in [6, 6.07) is 0. The van der Waals surface area contributed by atoms with Gasteiger partial charge in [0, 0.05) is 0 Å². The van der Waals surface area contributed by atoms with Crippen LogP contribution >= 0.6 is 31.3 Å². The second-order valence-electron chi connectivity index (χ2n) is 1.96. The van der Waals surface area contributed by atoms with Gasteiger partial charge in [-0.3, -0.25) is 0 Å². The Labute approximate surface area is 212 Å². The Balaban J connectivity index is -0.0000000434. The third kappa shape index (κ3) is 125. The van der Waals surface area contributed by atoms with E-state index in [-0.39, 0.29) is 113 Å². The van der Waals surface area contributed by atoms with Gasteiger partial charge in [0.25, 0.3) is 0 Å². The van der Waals surface area contributed by atoms with Gasteiger partial charge >= 0.3 is 129 Å². The summed E-state index contributed by atoms with van der Waals surface area (Å²) in [4.78, 5) is 82.3. The zero-order valence-corrected chi connectivity index (χ0v) is 20.4. The molecule has 0 aromatic heterocycles. The van der Waals surface area contributed by atoms with E-state index in [2.05, 4.69) is 4.31 Å². The molecule has 22 heavy (non-hydrogen) atoms. The van der Waals surface area contributed by atoms with Crippen molar-refractivity contribution >= 4 is 145 Å². The summed E-state index contributed by atoms with van der Waals surface area (Å²) in [5, 5.41) is 0. The minimum atomic E-state index is -5.39. The predicted molar refractivity (Wildman–Crippen MR) is 57.6 cm³/mol. The molecule has 15 nitrogen and oxygen atoms in total. The zero-order valence-electron chi connectivity index (χ0n) is 10.2. The third-order valence-electron chi connectivity index (χ3n) is 0.213. The fraction of sp³-hybridized carbons (Fsp3) is 0. The van der Waals surface area contributed by atoms with Gasteiger partial charge in [0.05, 0.1) is 0 Å². The molecule has 0 saturated heterocycles. The van der Waals surface area contributed by atoms with Gasteiger partial charge in [0.1, 0.15) is 0 Å². The van der Waals surface area contributed by atoms with Crippen molar-refractivity contribution in [1.29, 1.82) is 0 Å². The fourth-order valence-electron chi connectivity index (χ4n) is 0.139. The van der Waals surface area contributed by atoms with Crippen molar-refractivity contribution < 1.29 is 71.5 Å². The largest absolute Gasteiger partial charge is 2.00 e. The van der Waals surface area contributed by atoms with Crippen LogP contribution in [0.4, 0.5) is 0 Å². The van der Waals surface area contributed by atoms with E-state index in [1.165, 1.54) is 0 Å². The maximum Gasteiger partial charge on any atom is 2.00 e. The number of rotatable bonds is 2. The van der Waals surface area contributed by atoms with Crippen molar-refractivity contribution in [3.63, 3.8) is 0 Å². The van der Waals surface area contributed by atoms with E-state index in [1.54, 1.807) is 0 Å². The molecule has 0 heterocycles. The molecule has 0 amide bonds. The van der Waals surface area contributed by atoms with E-state index in [0.29, 0.717) is 0 Å². The first-order valence-electron chi connectivity index (χ1n) is 2.99. The molecular weight excluding hydrogens is 484 g/mol. The van der Waals surface area contributed by atoms with Gasteiger partial charge in [-0.15, -0.1) is 0 Å². The van der Waals surface area contributed by atoms with E-state index in [4.69, 9.17) is 58.1 Å². The molecule has 0 fully saturated rings. The maximum atomic E-state index is 9.63. The van der Waals surface area contributed by atoms with Crippen molar-refractivity contribution in [2.24, 2.45) is 0 Å². The minimum Gasteiger partial charge on any atom is -0.822 e. The van der Waals surface area contributed by atoms with Gasteiger partial charge in [-0.05, 0) is 0 Å². The van der Waals surface area contributed by atoms with Crippen LogP contribution in [0.1, 0.15) is 0 Å². The third-order valence-corrected chi connectivity index (χ3v) is 1.91. The summed E-state index contributed by atoms with van der Waals surface area (Å²) in [6.07, 6.45) is 0. The van der Waals surface area contributed by atoms with Crippen molar-refractivity contribution in [1.82, 2.24) is 0 Å². The minimum absolute atomic E-state index is 0. The molecule has 22 heteroatoms. The number of hydrogen-bond donors (Lipinski definition) is 4. The fourth-order valence-corrected chi connectivity index (χ4v) is 1.25. The van der Waals surface area contributed by atoms with E-state index >= 15 is 0 Å². The van der Waals surface area contributed by atoms with Crippen LogP contribution < -0.4 is 29.4 Å². The normalized spacial score (nSPS) is 11.0. The van der Waals surface area contributed by atoms with E-state index in [1.807, 2.05) is 0 Å². The van der Waals surface area contributed by atoms with Gasteiger partial charge < -0.3 is 58.1 Å². The van der Waals surface area contributed by atoms with Crippen LogP contribution in [-0.2, 0) is 22.6 Å². The van der Waals surface area contributed by atoms with Crippen LogP contribution in [0, 0.1) is 0 Å². The van der Waals surface area contributed by atoms with E-state index < -0.39 is 31.3 Å². The Kier molecular flexibility index (Phi) is 32.2. The quantitative estimate of drug-likeness (QED) is 0.207. The van der Waals surface area contributed by atoms with Gasteiger partial charge in [0.2, 0.25) is 0 Å². The SMILES string of the molecule is O=P(O)(O)OP(=O)(O)O.O=P([O-])([O-])[O-].O=P([O-])([O-])[O-].[Ca+2].[Ca+2].[Ca+2]. The Hall–Kier alpha value is 4.26. The van der Waals surface area contributed by atoms with Gasteiger partial charge in [-0.2, -0.15) is 20.0 Å². The molecular formula is H4Ca3O15P4. The van der Waals surface area contributed by atoms with Gasteiger partial charge in [-0.1, -0.05) is 0 Å². The smallest absolute Gasteiger partial charge is 0.822 e. The molecule has 0 spiro atoms. The monoisotopic (exact) mass is 488 g/mol. The van der Waals surface area contributed by atoms with Crippen LogP contribution in [-0.4, -0.2) is 133 Å². The molecule has 0 bridgehead atoms. The summed E-state index contributed by atoms with van der Waals surface area (Å²) >= 11 is 0. The Morgan fingerprint density at radius 2 is 0.636 bits per heavy atom. The molecule has 0 aromatic rings. The molecule has 0 aliphatic rings. The summed E-state index contributed by atoms with van der Waals surface area (Å²) in [5.41, 5.74) is 0. The molecule has 0 radical (unpaired) electrons. The second-order valence-corrected chi connectivity index (χ2v) is 6.36. The average molecular weight is 488 g/mol. The number of phosphoric acid groups is 4. The molecule has 0 saturated carbocycles. The molecule has 0 rings (SSSR count). The first kappa shape index (κ1) is 40.8. The molecule has 4 N–H and O–H groups in total. The number of hydrogen-bond acceptors (Lipinski definition) is 11. The van der Waals surface area contributed by atoms with Gasteiger partial charge in [0.15, 0.2) is 0 Å². The van der Waals surface area contributed by atoms with Crippen LogP contribution in [0.3, 0.4) is 0 Å². The van der Waals surface area contributed by atoms with Gasteiger partial charge in [-0.25, -0.2) is 9.13 Å². The first-order chi connectivity index (χ1) is 7.71. The zero-order chi connectivity index (χ0) is 16.7. The Bertz CT molecular complexity index is 362. The van der Waals surface area contributed by atoms with Crippen molar-refractivity contribution in [2.75, 3.05) is 0 Å². The topological polar surface area (TPSA) is 297 Å². The molecule has 0 aromatic carbocycles. The summed E-state index contributed by atoms with van der Waals surface area (Å²) in [7, 11) is -20.9. The van der Waals surface area contributed by atoms with Crippen molar-refractivity contribution in [3.8, 4) is 0 Å². The first-order valence-corrected chi connectivity index (χ1v) is 8.97. The summed E-state index contributed by atoms with van der Waals surface area (Å²) in [6.45, 7) is 0. The molecule has 0 unspecified atom stereocenters. The van der Waals surface area contributed by atoms with Crippen molar-refractivity contribution in [2.45, 2.75) is 0 Å². The van der Waals surface area contributed by atoms with E-state index in [9.17, 15) is 9.13 Å². The van der Waals surface area contributed by atoms with Crippen LogP contribution in [0.5, 0.6) is 0 Å². The molecule has 0 atom stereocenters. The molecule has 0 aliphatic carbocycles. The van der Waals surface area contributed by atoms with Crippen LogP contribution in [0.15, 0.2) is 0 Å².